The maximum Gasteiger partial charge on any atom is 0.167 e. The average molecular weight is 138 g/mol. The fourth-order valence-electron chi connectivity index (χ4n) is 0.705. The van der Waals surface area contributed by atoms with Gasteiger partial charge in [0.2, 0.25) is 0 Å². The Morgan fingerprint density at radius 1 is 1.70 bits per heavy atom. The number of hydrogen-bond acceptors (Lipinski definition) is 2. The molecule has 0 aromatic carbocycles. The third-order valence-electron chi connectivity index (χ3n) is 1.29. The zero-order valence-electron chi connectivity index (χ0n) is 6.09. The minimum absolute atomic E-state index is 0.355. The molecule has 0 aliphatic rings. The quantitative estimate of drug-likeness (QED) is 0.627. The Morgan fingerprint density at radius 2 is 2.40 bits per heavy atom. The van der Waals surface area contributed by atoms with Crippen LogP contribution >= 0.6 is 0 Å². The van der Waals surface area contributed by atoms with Crippen molar-refractivity contribution in [3.8, 4) is 0 Å². The maximum absolute atomic E-state index is 10.2. The molecule has 1 heterocycles. The second kappa shape index (κ2) is 2.64. The molecule has 0 fully saturated rings. The predicted molar refractivity (Wildman–Crippen MR) is 38.1 cm³/mol. The fourth-order valence-corrected chi connectivity index (χ4v) is 0.705. The number of aldehydes is 1. The normalized spacial score (nSPS) is 10.3. The number of H-pyrrole nitrogens is 1. The number of aromatic amines is 1. The van der Waals surface area contributed by atoms with Gasteiger partial charge < -0.3 is 4.98 Å². The minimum Gasteiger partial charge on any atom is -0.340 e. The summed E-state index contributed by atoms with van der Waals surface area (Å²) in [4.78, 5) is 17.1. The first-order valence-corrected chi connectivity index (χ1v) is 3.24. The van der Waals surface area contributed by atoms with Crippen LogP contribution in [0.3, 0.4) is 0 Å². The standard InChI is InChI=1S/C7H10N2O/c1-5(2)7-8-3-6(4-10)9-7/h3-5H,1-2H3,(H,8,9). The van der Waals surface area contributed by atoms with Crippen LogP contribution in [0.5, 0.6) is 0 Å². The Balaban J connectivity index is 2.88. The summed E-state index contributed by atoms with van der Waals surface area (Å²) in [6, 6.07) is 0. The van der Waals surface area contributed by atoms with E-state index in [1.54, 1.807) is 6.20 Å². The van der Waals surface area contributed by atoms with Crippen molar-refractivity contribution >= 4 is 6.29 Å². The van der Waals surface area contributed by atoms with E-state index in [1.807, 2.05) is 13.8 Å². The third kappa shape index (κ3) is 1.23. The lowest BCUT2D eigenvalue weighted by atomic mass is 10.2. The topological polar surface area (TPSA) is 45.8 Å². The average Bonchev–Trinajstić information content (AvgIpc) is 2.34. The van der Waals surface area contributed by atoms with Crippen LogP contribution in [0.2, 0.25) is 0 Å². The van der Waals surface area contributed by atoms with E-state index in [0.29, 0.717) is 11.6 Å². The van der Waals surface area contributed by atoms with Gasteiger partial charge in [0.1, 0.15) is 5.82 Å². The third-order valence-corrected chi connectivity index (χ3v) is 1.29. The molecule has 0 aliphatic heterocycles. The summed E-state index contributed by atoms with van der Waals surface area (Å²) in [6.45, 7) is 4.04. The smallest absolute Gasteiger partial charge is 0.167 e. The zero-order valence-corrected chi connectivity index (χ0v) is 6.09. The molecule has 54 valence electrons. The molecule has 0 unspecified atom stereocenters. The van der Waals surface area contributed by atoms with Gasteiger partial charge in [-0.05, 0) is 0 Å². The van der Waals surface area contributed by atoms with Crippen molar-refractivity contribution in [1.29, 1.82) is 0 Å². The minimum atomic E-state index is 0.355. The van der Waals surface area contributed by atoms with Gasteiger partial charge >= 0.3 is 0 Å². The number of hydrogen-bond donors (Lipinski definition) is 1. The van der Waals surface area contributed by atoms with Gasteiger partial charge in [0.15, 0.2) is 6.29 Å². The Kier molecular flexibility index (Phi) is 1.85. The van der Waals surface area contributed by atoms with Crippen molar-refractivity contribution in [2.45, 2.75) is 19.8 Å². The van der Waals surface area contributed by atoms with Crippen LogP contribution in [-0.4, -0.2) is 16.3 Å². The van der Waals surface area contributed by atoms with Gasteiger partial charge in [-0.15, -0.1) is 0 Å². The summed E-state index contributed by atoms with van der Waals surface area (Å²) in [5.41, 5.74) is 0.545. The van der Waals surface area contributed by atoms with Gasteiger partial charge in [-0.3, -0.25) is 4.79 Å². The Morgan fingerprint density at radius 3 is 2.70 bits per heavy atom. The molecular weight excluding hydrogens is 128 g/mol. The lowest BCUT2D eigenvalue weighted by Gasteiger charge is -1.95. The van der Waals surface area contributed by atoms with Crippen molar-refractivity contribution in [1.82, 2.24) is 9.97 Å². The molecule has 10 heavy (non-hydrogen) atoms. The molecule has 3 nitrogen and oxygen atoms in total. The van der Waals surface area contributed by atoms with Gasteiger partial charge in [-0.1, -0.05) is 13.8 Å². The van der Waals surface area contributed by atoms with Gasteiger partial charge in [-0.2, -0.15) is 0 Å². The molecule has 0 aliphatic carbocycles. The van der Waals surface area contributed by atoms with Gasteiger partial charge in [0.05, 0.1) is 11.9 Å². The summed E-state index contributed by atoms with van der Waals surface area (Å²) < 4.78 is 0. The molecule has 0 saturated carbocycles. The first kappa shape index (κ1) is 6.99. The number of carbonyl (C=O) groups excluding carboxylic acids is 1. The molecule has 1 N–H and O–H groups in total. The highest BCUT2D eigenvalue weighted by Crippen LogP contribution is 2.07. The van der Waals surface area contributed by atoms with Crippen LogP contribution in [0.1, 0.15) is 36.1 Å². The van der Waals surface area contributed by atoms with Crippen molar-refractivity contribution in [2.24, 2.45) is 0 Å². The predicted octanol–water partition coefficient (Wildman–Crippen LogP) is 1.35. The lowest BCUT2D eigenvalue weighted by Crippen LogP contribution is -1.89. The molecule has 0 amide bonds. The molecule has 1 aromatic heterocycles. The second-order valence-electron chi connectivity index (χ2n) is 2.50. The van der Waals surface area contributed by atoms with Gasteiger partial charge in [0, 0.05) is 5.92 Å². The summed E-state index contributed by atoms with van der Waals surface area (Å²) in [5.74, 6) is 1.22. The number of aromatic nitrogens is 2. The van der Waals surface area contributed by atoms with Crippen molar-refractivity contribution < 1.29 is 4.79 Å². The molecule has 0 atom stereocenters. The van der Waals surface area contributed by atoms with Crippen molar-refractivity contribution in [2.75, 3.05) is 0 Å². The van der Waals surface area contributed by atoms with E-state index in [0.717, 1.165) is 12.1 Å². The molecule has 0 radical (unpaired) electrons. The highest BCUT2D eigenvalue weighted by molar-refractivity contribution is 5.71. The molecule has 0 spiro atoms. The van der Waals surface area contributed by atoms with E-state index in [4.69, 9.17) is 0 Å². The first-order chi connectivity index (χ1) is 4.74. The lowest BCUT2D eigenvalue weighted by molar-refractivity contribution is 0.111. The summed E-state index contributed by atoms with van der Waals surface area (Å²) in [6.07, 6.45) is 2.31. The van der Waals surface area contributed by atoms with E-state index < -0.39 is 0 Å². The van der Waals surface area contributed by atoms with Crippen LogP contribution in [0.4, 0.5) is 0 Å². The first-order valence-electron chi connectivity index (χ1n) is 3.24. The summed E-state index contributed by atoms with van der Waals surface area (Å²) in [7, 11) is 0. The van der Waals surface area contributed by atoms with E-state index in [2.05, 4.69) is 9.97 Å². The van der Waals surface area contributed by atoms with Gasteiger partial charge in [0.25, 0.3) is 0 Å². The number of nitrogens with zero attached hydrogens (tertiary/aromatic N) is 1. The maximum atomic E-state index is 10.2. The number of imidazole rings is 1. The molecule has 1 rings (SSSR count). The number of nitrogens with one attached hydrogen (secondary N) is 1. The van der Waals surface area contributed by atoms with Gasteiger partial charge in [-0.25, -0.2) is 4.98 Å². The van der Waals surface area contributed by atoms with E-state index in [9.17, 15) is 4.79 Å². The van der Waals surface area contributed by atoms with Crippen molar-refractivity contribution in [3.63, 3.8) is 0 Å². The van der Waals surface area contributed by atoms with Crippen LogP contribution in [-0.2, 0) is 0 Å². The Hall–Kier alpha value is -1.12. The number of rotatable bonds is 2. The summed E-state index contributed by atoms with van der Waals surface area (Å²) >= 11 is 0. The highest BCUT2D eigenvalue weighted by Gasteiger charge is 2.02. The largest absolute Gasteiger partial charge is 0.340 e. The van der Waals surface area contributed by atoms with E-state index in [-0.39, 0.29) is 0 Å². The van der Waals surface area contributed by atoms with E-state index in [1.165, 1.54) is 0 Å². The SMILES string of the molecule is CC(C)c1ncc(C=O)[nH]1. The van der Waals surface area contributed by atoms with Crippen LogP contribution < -0.4 is 0 Å². The molecule has 0 saturated heterocycles. The molecule has 3 heteroatoms. The fraction of sp³-hybridized carbons (Fsp3) is 0.429. The van der Waals surface area contributed by atoms with E-state index >= 15 is 0 Å². The second-order valence-corrected chi connectivity index (χ2v) is 2.50. The van der Waals surface area contributed by atoms with Crippen LogP contribution in [0.15, 0.2) is 6.20 Å². The molecule has 1 aromatic rings. The Labute approximate surface area is 59.5 Å². The van der Waals surface area contributed by atoms with Crippen molar-refractivity contribution in [3.05, 3.63) is 17.7 Å². The van der Waals surface area contributed by atoms with Crippen LogP contribution in [0.25, 0.3) is 0 Å². The molecule has 0 bridgehead atoms. The monoisotopic (exact) mass is 138 g/mol. The molecular formula is C7H10N2O. The zero-order chi connectivity index (χ0) is 7.56. The summed E-state index contributed by atoms with van der Waals surface area (Å²) in [5, 5.41) is 0. The number of carbonyl (C=O) groups is 1. The highest BCUT2D eigenvalue weighted by atomic mass is 16.1. The van der Waals surface area contributed by atoms with Crippen LogP contribution in [0, 0.1) is 0 Å². The Bertz CT molecular complexity index is 227.